The number of hydrogen-bond donors (Lipinski definition) is 0. The summed E-state index contributed by atoms with van der Waals surface area (Å²) in [5, 5.41) is 2.87. The Morgan fingerprint density at radius 2 is 2.38 bits per heavy atom. The number of benzene rings is 1. The van der Waals surface area contributed by atoms with E-state index < -0.39 is 0 Å². The van der Waals surface area contributed by atoms with Crippen LogP contribution in [0.4, 0.5) is 5.69 Å². The second-order valence-corrected chi connectivity index (χ2v) is 2.99. The van der Waals surface area contributed by atoms with Crippen molar-refractivity contribution in [2.45, 2.75) is 6.10 Å². The van der Waals surface area contributed by atoms with Crippen LogP contribution in [0.15, 0.2) is 23.4 Å². The Morgan fingerprint density at radius 3 is 2.92 bits per heavy atom. The Kier molecular flexibility index (Phi) is 2.25. The van der Waals surface area contributed by atoms with Gasteiger partial charge in [0, 0.05) is 0 Å². The first-order valence-electron chi connectivity index (χ1n) is 3.81. The fraction of sp³-hybridized carbons (Fsp3) is 0.250. The van der Waals surface area contributed by atoms with Crippen LogP contribution in [0, 0.1) is 4.91 Å². The minimum absolute atomic E-state index is 0.138. The summed E-state index contributed by atoms with van der Waals surface area (Å²) in [6, 6.07) is 5.26. The molecular formula is C8H8NO3P. The van der Waals surface area contributed by atoms with Crippen LogP contribution in [-0.4, -0.2) is 6.61 Å². The molecule has 0 saturated carbocycles. The molecule has 0 spiro atoms. The molecule has 68 valence electrons. The van der Waals surface area contributed by atoms with Crippen LogP contribution in [0.5, 0.6) is 5.75 Å². The molecule has 0 aliphatic carbocycles. The maximum atomic E-state index is 10.4. The number of hydrogen-bond acceptors (Lipinski definition) is 4. The molecule has 1 aromatic carbocycles. The summed E-state index contributed by atoms with van der Waals surface area (Å²) < 4.78 is 9.95. The van der Waals surface area contributed by atoms with Crippen molar-refractivity contribution in [1.82, 2.24) is 0 Å². The van der Waals surface area contributed by atoms with Crippen molar-refractivity contribution in [3.8, 4) is 5.75 Å². The van der Waals surface area contributed by atoms with Crippen LogP contribution in [0.2, 0.25) is 0 Å². The van der Waals surface area contributed by atoms with E-state index in [1.807, 2.05) is 6.07 Å². The van der Waals surface area contributed by atoms with Crippen molar-refractivity contribution in [2.75, 3.05) is 6.61 Å². The van der Waals surface area contributed by atoms with Gasteiger partial charge in [-0.05, 0) is 22.9 Å². The summed E-state index contributed by atoms with van der Waals surface area (Å²) in [7, 11) is 2.08. The molecule has 0 radical (unpaired) electrons. The normalized spacial score (nSPS) is 19.6. The summed E-state index contributed by atoms with van der Waals surface area (Å²) in [6.45, 7) is 0.722. The second kappa shape index (κ2) is 3.40. The van der Waals surface area contributed by atoms with Gasteiger partial charge >= 0.3 is 0 Å². The van der Waals surface area contributed by atoms with Crippen molar-refractivity contribution in [3.05, 3.63) is 28.7 Å². The fourth-order valence-corrected chi connectivity index (χ4v) is 1.35. The van der Waals surface area contributed by atoms with Gasteiger partial charge in [-0.1, -0.05) is 6.07 Å². The minimum atomic E-state index is 0.138. The molecule has 2 rings (SSSR count). The smallest absolute Gasteiger partial charge is 0.151 e. The van der Waals surface area contributed by atoms with Crippen LogP contribution in [0.1, 0.15) is 11.7 Å². The molecule has 0 amide bonds. The highest BCUT2D eigenvalue weighted by Crippen LogP contribution is 2.36. The van der Waals surface area contributed by atoms with Gasteiger partial charge in [-0.3, -0.25) is 0 Å². The van der Waals surface area contributed by atoms with Crippen LogP contribution in [-0.2, 0) is 4.74 Å². The number of ether oxygens (including phenoxy) is 1. The zero-order valence-electron chi connectivity index (χ0n) is 6.77. The van der Waals surface area contributed by atoms with E-state index in [9.17, 15) is 4.91 Å². The molecule has 0 N–H and O–H groups in total. The SMILES string of the molecule is O=Nc1cc(C2CO2)ccc1OP. The minimum Gasteiger partial charge on any atom is -0.478 e. The third-order valence-electron chi connectivity index (χ3n) is 1.91. The molecule has 2 unspecified atom stereocenters. The topological polar surface area (TPSA) is 51.2 Å². The van der Waals surface area contributed by atoms with Gasteiger partial charge in [0.25, 0.3) is 0 Å². The lowest BCUT2D eigenvalue weighted by Gasteiger charge is -2.02. The molecule has 4 nitrogen and oxygen atoms in total. The monoisotopic (exact) mass is 197 g/mol. The van der Waals surface area contributed by atoms with Crippen LogP contribution >= 0.6 is 9.47 Å². The summed E-state index contributed by atoms with van der Waals surface area (Å²) in [4.78, 5) is 10.4. The zero-order chi connectivity index (χ0) is 9.26. The molecule has 1 saturated heterocycles. The maximum absolute atomic E-state index is 10.4. The molecule has 1 aliphatic heterocycles. The Hall–Kier alpha value is -0.990. The Morgan fingerprint density at radius 1 is 1.62 bits per heavy atom. The fourth-order valence-electron chi connectivity index (χ4n) is 1.15. The van der Waals surface area contributed by atoms with Crippen LogP contribution < -0.4 is 4.52 Å². The second-order valence-electron chi connectivity index (χ2n) is 2.76. The van der Waals surface area contributed by atoms with Crippen molar-refractivity contribution >= 4 is 15.2 Å². The van der Waals surface area contributed by atoms with Gasteiger partial charge in [0.15, 0.2) is 11.4 Å². The average molecular weight is 197 g/mol. The number of rotatable bonds is 3. The third kappa shape index (κ3) is 1.69. The molecule has 0 bridgehead atoms. The van der Waals surface area contributed by atoms with E-state index >= 15 is 0 Å². The largest absolute Gasteiger partial charge is 0.478 e. The Balaban J connectivity index is 2.36. The summed E-state index contributed by atoms with van der Waals surface area (Å²) in [6.07, 6.45) is 0.138. The maximum Gasteiger partial charge on any atom is 0.151 e. The molecule has 0 aromatic heterocycles. The predicted molar refractivity (Wildman–Crippen MR) is 50.9 cm³/mol. The van der Waals surface area contributed by atoms with Gasteiger partial charge in [0.05, 0.1) is 16.1 Å². The van der Waals surface area contributed by atoms with E-state index in [0.29, 0.717) is 11.4 Å². The predicted octanol–water partition coefficient (Wildman–Crippen LogP) is 2.32. The first kappa shape index (κ1) is 8.60. The number of epoxide rings is 1. The van der Waals surface area contributed by atoms with Crippen molar-refractivity contribution < 1.29 is 9.26 Å². The van der Waals surface area contributed by atoms with E-state index in [2.05, 4.69) is 14.6 Å². The van der Waals surface area contributed by atoms with Crippen molar-refractivity contribution in [1.29, 1.82) is 0 Å². The molecule has 1 fully saturated rings. The quantitative estimate of drug-likeness (QED) is 0.424. The van der Waals surface area contributed by atoms with E-state index in [0.717, 1.165) is 12.2 Å². The molecule has 5 heteroatoms. The zero-order valence-corrected chi connectivity index (χ0v) is 7.92. The van der Waals surface area contributed by atoms with Gasteiger partial charge in [0.2, 0.25) is 0 Å². The van der Waals surface area contributed by atoms with Crippen LogP contribution in [0.25, 0.3) is 0 Å². The van der Waals surface area contributed by atoms with Gasteiger partial charge in [-0.25, -0.2) is 0 Å². The van der Waals surface area contributed by atoms with Gasteiger partial charge in [-0.2, -0.15) is 0 Å². The Bertz CT molecular complexity index is 338. The van der Waals surface area contributed by atoms with Gasteiger partial charge in [-0.15, -0.1) is 4.91 Å². The summed E-state index contributed by atoms with van der Waals surface area (Å²) in [5.74, 6) is 0.462. The molecule has 13 heavy (non-hydrogen) atoms. The highest BCUT2D eigenvalue weighted by molar-refractivity contribution is 7.10. The average Bonchev–Trinajstić information content (AvgIpc) is 3.00. The lowest BCUT2D eigenvalue weighted by atomic mass is 10.1. The van der Waals surface area contributed by atoms with Crippen LogP contribution in [0.3, 0.4) is 0 Å². The third-order valence-corrected chi connectivity index (χ3v) is 2.17. The molecule has 1 heterocycles. The number of nitrogens with zero attached hydrogens (tertiary/aromatic N) is 1. The van der Waals surface area contributed by atoms with E-state index in [1.54, 1.807) is 12.1 Å². The lowest BCUT2D eigenvalue weighted by molar-refractivity contribution is 0.415. The van der Waals surface area contributed by atoms with E-state index in [-0.39, 0.29) is 6.10 Å². The Labute approximate surface area is 77.5 Å². The van der Waals surface area contributed by atoms with Gasteiger partial charge < -0.3 is 9.26 Å². The van der Waals surface area contributed by atoms with Crippen molar-refractivity contribution in [2.24, 2.45) is 5.18 Å². The summed E-state index contributed by atoms with van der Waals surface area (Å²) in [5.41, 5.74) is 1.28. The summed E-state index contributed by atoms with van der Waals surface area (Å²) >= 11 is 0. The van der Waals surface area contributed by atoms with E-state index in [1.165, 1.54) is 0 Å². The standard InChI is InChI=1S/C8H8NO3P/c10-9-6-3-5(8-4-11-8)1-2-7(6)12-13/h1-3,8H,4,13H2. The number of nitroso groups, excluding NO2 is 1. The molecular weight excluding hydrogens is 189 g/mol. The van der Waals surface area contributed by atoms with E-state index in [4.69, 9.17) is 9.26 Å². The highest BCUT2D eigenvalue weighted by atomic mass is 31.0. The van der Waals surface area contributed by atoms with Gasteiger partial charge in [0.1, 0.15) is 6.10 Å². The highest BCUT2D eigenvalue weighted by Gasteiger charge is 2.25. The van der Waals surface area contributed by atoms with Crippen molar-refractivity contribution in [3.63, 3.8) is 0 Å². The first-order chi connectivity index (χ1) is 6.35. The molecule has 1 aromatic rings. The molecule has 1 aliphatic rings. The molecule has 2 atom stereocenters. The first-order valence-corrected chi connectivity index (χ1v) is 4.28. The lowest BCUT2D eigenvalue weighted by Crippen LogP contribution is -1.82.